The summed E-state index contributed by atoms with van der Waals surface area (Å²) in [6.45, 7) is 2.10. The largest absolute Gasteiger partial charge is 0.348 e. The van der Waals surface area contributed by atoms with Crippen LogP contribution in [0.5, 0.6) is 0 Å². The van der Waals surface area contributed by atoms with Crippen LogP contribution >= 0.6 is 11.3 Å². The van der Waals surface area contributed by atoms with Gasteiger partial charge in [-0.3, -0.25) is 25.0 Å². The average Bonchev–Trinajstić information content (AvgIpc) is 2.99. The summed E-state index contributed by atoms with van der Waals surface area (Å²) in [6, 6.07) is 6.57. The topological polar surface area (TPSA) is 140 Å². The average molecular weight is 391 g/mol. The fourth-order valence-corrected chi connectivity index (χ4v) is 3.16. The Morgan fingerprint density at radius 2 is 1.96 bits per heavy atom. The minimum Gasteiger partial charge on any atom is -0.330 e. The number of aryl methyl sites for hydroxylation is 1. The Hall–Kier alpha value is -2.85. The van der Waals surface area contributed by atoms with Crippen LogP contribution in [-0.4, -0.2) is 28.3 Å². The van der Waals surface area contributed by atoms with Gasteiger partial charge in [0.25, 0.3) is 5.91 Å². The summed E-state index contributed by atoms with van der Waals surface area (Å²) in [5, 5.41) is 16.2. The molecule has 0 bridgehead atoms. The summed E-state index contributed by atoms with van der Waals surface area (Å²) >= 11 is 0.786. The second kappa shape index (κ2) is 9.74. The smallest absolute Gasteiger partial charge is 0.330 e. The molecule has 0 saturated carbocycles. The first-order chi connectivity index (χ1) is 12.9. The molecule has 10 heteroatoms. The number of rotatable bonds is 9. The lowest BCUT2D eigenvalue weighted by Gasteiger charge is -2.10. The number of carbonyl (C=O) groups excluding carboxylic acids is 2. The highest BCUT2D eigenvalue weighted by Gasteiger charge is 2.20. The van der Waals surface area contributed by atoms with Gasteiger partial charge in [-0.05, 0) is 49.8 Å². The number of thiazole rings is 1. The fourth-order valence-electron chi connectivity index (χ4n) is 2.39. The van der Waals surface area contributed by atoms with Crippen molar-refractivity contribution in [1.29, 1.82) is 0 Å². The second-order valence-corrected chi connectivity index (χ2v) is 6.79. The van der Waals surface area contributed by atoms with Gasteiger partial charge >= 0.3 is 5.00 Å². The Bertz CT molecular complexity index is 836. The molecule has 1 heterocycles. The first kappa shape index (κ1) is 20.5. The molecule has 4 N–H and O–H groups in total. The summed E-state index contributed by atoms with van der Waals surface area (Å²) in [5.74, 6) is -0.689. The standard InChI is InChI=1S/C17H21N5O4S/c1-11-16(22(25)26)27-17(19-11)21-15(24)12-7-4-5-8-13(12)20-14(23)9-3-2-6-10-18/h4-5,7-8H,2-3,6,9-10,18H2,1H3,(H,20,23)(H,19,21,24). The number of hydrogen-bond acceptors (Lipinski definition) is 7. The lowest BCUT2D eigenvalue weighted by atomic mass is 10.1. The number of nitrogens with zero attached hydrogens (tertiary/aromatic N) is 2. The molecule has 144 valence electrons. The molecule has 0 unspecified atom stereocenters. The van der Waals surface area contributed by atoms with Crippen LogP contribution in [-0.2, 0) is 4.79 Å². The Morgan fingerprint density at radius 3 is 2.63 bits per heavy atom. The van der Waals surface area contributed by atoms with Gasteiger partial charge in [-0.1, -0.05) is 18.6 Å². The van der Waals surface area contributed by atoms with Crippen molar-refractivity contribution in [2.45, 2.75) is 32.6 Å². The van der Waals surface area contributed by atoms with E-state index in [9.17, 15) is 19.7 Å². The van der Waals surface area contributed by atoms with Gasteiger partial charge < -0.3 is 11.1 Å². The van der Waals surface area contributed by atoms with Crippen molar-refractivity contribution in [2.75, 3.05) is 17.2 Å². The van der Waals surface area contributed by atoms with E-state index in [0.717, 1.165) is 30.6 Å². The molecule has 1 aromatic carbocycles. The first-order valence-electron chi connectivity index (χ1n) is 8.44. The molecule has 2 aromatic rings. The lowest BCUT2D eigenvalue weighted by molar-refractivity contribution is -0.380. The van der Waals surface area contributed by atoms with Crippen LogP contribution in [0.1, 0.15) is 41.7 Å². The maximum absolute atomic E-state index is 12.5. The van der Waals surface area contributed by atoms with Crippen LogP contribution in [0.2, 0.25) is 0 Å². The quantitative estimate of drug-likeness (QED) is 0.341. The molecule has 0 atom stereocenters. The zero-order valence-electron chi connectivity index (χ0n) is 14.9. The molecule has 9 nitrogen and oxygen atoms in total. The van der Waals surface area contributed by atoms with E-state index in [1.807, 2.05) is 0 Å². The maximum atomic E-state index is 12.5. The number of anilines is 2. The van der Waals surface area contributed by atoms with Gasteiger partial charge in [0.05, 0.1) is 16.2 Å². The van der Waals surface area contributed by atoms with E-state index in [4.69, 9.17) is 5.73 Å². The Labute approximate surface area is 160 Å². The molecule has 0 radical (unpaired) electrons. The SMILES string of the molecule is Cc1nc(NC(=O)c2ccccc2NC(=O)CCCCCN)sc1[N+](=O)[O-]. The molecule has 0 saturated heterocycles. The van der Waals surface area contributed by atoms with Gasteiger partial charge in [-0.2, -0.15) is 0 Å². The highest BCUT2D eigenvalue weighted by atomic mass is 32.1. The van der Waals surface area contributed by atoms with Crippen molar-refractivity contribution >= 4 is 39.0 Å². The monoisotopic (exact) mass is 391 g/mol. The molecule has 27 heavy (non-hydrogen) atoms. The third-order valence-corrected chi connectivity index (χ3v) is 4.74. The van der Waals surface area contributed by atoms with E-state index in [0.29, 0.717) is 18.7 Å². The first-order valence-corrected chi connectivity index (χ1v) is 9.26. The van der Waals surface area contributed by atoms with Crippen molar-refractivity contribution in [3.05, 3.63) is 45.6 Å². The minimum atomic E-state index is -0.540. The van der Waals surface area contributed by atoms with Crippen LogP contribution in [0.25, 0.3) is 0 Å². The van der Waals surface area contributed by atoms with Crippen LogP contribution in [0, 0.1) is 17.0 Å². The maximum Gasteiger partial charge on any atom is 0.348 e. The number of carbonyl (C=O) groups is 2. The molecular formula is C17H21N5O4S. The summed E-state index contributed by atoms with van der Waals surface area (Å²) in [4.78, 5) is 39.0. The summed E-state index contributed by atoms with van der Waals surface area (Å²) in [5.41, 5.74) is 6.29. The van der Waals surface area contributed by atoms with E-state index in [1.54, 1.807) is 24.3 Å². The number of nitrogens with one attached hydrogen (secondary N) is 2. The number of aromatic nitrogens is 1. The van der Waals surface area contributed by atoms with Crippen LogP contribution in [0.4, 0.5) is 15.8 Å². The molecular weight excluding hydrogens is 370 g/mol. The molecule has 2 rings (SSSR count). The summed E-state index contributed by atoms with van der Waals surface area (Å²) < 4.78 is 0. The Balaban J connectivity index is 2.05. The van der Waals surface area contributed by atoms with E-state index < -0.39 is 10.8 Å². The van der Waals surface area contributed by atoms with E-state index in [-0.39, 0.29) is 27.3 Å². The van der Waals surface area contributed by atoms with Gasteiger partial charge in [-0.25, -0.2) is 4.98 Å². The molecule has 0 spiro atoms. The number of para-hydroxylation sites is 1. The molecule has 0 aliphatic rings. The highest BCUT2D eigenvalue weighted by molar-refractivity contribution is 7.19. The predicted molar refractivity (Wildman–Crippen MR) is 104 cm³/mol. The van der Waals surface area contributed by atoms with Crippen LogP contribution in [0.3, 0.4) is 0 Å². The van der Waals surface area contributed by atoms with Gasteiger partial charge in [0.15, 0.2) is 5.13 Å². The minimum absolute atomic E-state index is 0.121. The van der Waals surface area contributed by atoms with Crippen LogP contribution < -0.4 is 16.4 Å². The molecule has 1 aromatic heterocycles. The molecule has 0 aliphatic carbocycles. The van der Waals surface area contributed by atoms with E-state index in [1.165, 1.54) is 6.92 Å². The van der Waals surface area contributed by atoms with Crippen molar-refractivity contribution in [3.63, 3.8) is 0 Å². The Kier molecular flexibility index (Phi) is 7.38. The van der Waals surface area contributed by atoms with Crippen molar-refractivity contribution < 1.29 is 14.5 Å². The highest BCUT2D eigenvalue weighted by Crippen LogP contribution is 2.30. The third-order valence-electron chi connectivity index (χ3n) is 3.71. The van der Waals surface area contributed by atoms with Gasteiger partial charge in [0, 0.05) is 6.42 Å². The number of nitrogens with two attached hydrogens (primary N) is 1. The third kappa shape index (κ3) is 5.83. The van der Waals surface area contributed by atoms with Crippen molar-refractivity contribution in [3.8, 4) is 0 Å². The summed E-state index contributed by atoms with van der Waals surface area (Å²) in [6.07, 6.45) is 2.80. The number of unbranched alkanes of at least 4 members (excludes halogenated alkanes) is 2. The Morgan fingerprint density at radius 1 is 1.22 bits per heavy atom. The van der Waals surface area contributed by atoms with Crippen molar-refractivity contribution in [2.24, 2.45) is 5.73 Å². The predicted octanol–water partition coefficient (Wildman–Crippen LogP) is 3.07. The lowest BCUT2D eigenvalue weighted by Crippen LogP contribution is -2.18. The zero-order chi connectivity index (χ0) is 19.8. The van der Waals surface area contributed by atoms with E-state index >= 15 is 0 Å². The number of nitro groups is 1. The van der Waals surface area contributed by atoms with Crippen LogP contribution in [0.15, 0.2) is 24.3 Å². The molecule has 2 amide bonds. The number of hydrogen-bond donors (Lipinski definition) is 3. The van der Waals surface area contributed by atoms with Gasteiger partial charge in [0.2, 0.25) is 5.91 Å². The number of amides is 2. The van der Waals surface area contributed by atoms with Crippen molar-refractivity contribution in [1.82, 2.24) is 4.98 Å². The second-order valence-electron chi connectivity index (χ2n) is 5.81. The fraction of sp³-hybridized carbons (Fsp3) is 0.353. The normalized spacial score (nSPS) is 10.4. The number of benzene rings is 1. The zero-order valence-corrected chi connectivity index (χ0v) is 15.7. The van der Waals surface area contributed by atoms with Gasteiger partial charge in [-0.15, -0.1) is 0 Å². The summed E-state index contributed by atoms with van der Waals surface area (Å²) in [7, 11) is 0. The van der Waals surface area contributed by atoms with E-state index in [2.05, 4.69) is 15.6 Å². The molecule has 0 fully saturated rings. The van der Waals surface area contributed by atoms with Gasteiger partial charge in [0.1, 0.15) is 5.69 Å². The molecule has 0 aliphatic heterocycles.